The van der Waals surface area contributed by atoms with Gasteiger partial charge in [0.2, 0.25) is 0 Å². The van der Waals surface area contributed by atoms with Gasteiger partial charge in [-0.25, -0.2) is 0 Å². The van der Waals surface area contributed by atoms with Crippen LogP contribution >= 0.6 is 11.6 Å². The summed E-state index contributed by atoms with van der Waals surface area (Å²) in [4.78, 5) is 13.9. The number of nitrogens with zero attached hydrogens (tertiary/aromatic N) is 1. The molecule has 0 heterocycles. The summed E-state index contributed by atoms with van der Waals surface area (Å²) in [6, 6.07) is 11.3. The third-order valence-corrected chi connectivity index (χ3v) is 8.22. The predicted molar refractivity (Wildman–Crippen MR) is 147 cm³/mol. The summed E-state index contributed by atoms with van der Waals surface area (Å²) in [6.45, 7) is 2.92. The van der Waals surface area contributed by atoms with Gasteiger partial charge in [-0.3, -0.25) is 15.0 Å². The molecule has 2 aromatic carbocycles. The summed E-state index contributed by atoms with van der Waals surface area (Å²) in [5, 5.41) is 24.8. The van der Waals surface area contributed by atoms with Crippen LogP contribution in [0.15, 0.2) is 36.4 Å². The van der Waals surface area contributed by atoms with E-state index in [0.717, 1.165) is 24.0 Å². The van der Waals surface area contributed by atoms with Gasteiger partial charge in [0, 0.05) is 38.1 Å². The molecule has 2 aliphatic carbocycles. The Kier molecular flexibility index (Phi) is 9.74. The van der Waals surface area contributed by atoms with Crippen LogP contribution in [0.2, 0.25) is 5.02 Å². The molecule has 2 aliphatic rings. The number of methoxy groups -OCH3 is 3. The number of hydrogen-bond acceptors (Lipinski definition) is 8. The van der Waals surface area contributed by atoms with Crippen LogP contribution in [0.5, 0.6) is 11.5 Å². The summed E-state index contributed by atoms with van der Waals surface area (Å²) in [7, 11) is 4.76. The molecule has 0 amide bonds. The van der Waals surface area contributed by atoms with Gasteiger partial charge in [-0.1, -0.05) is 41.9 Å². The minimum Gasteiger partial charge on any atom is -0.496 e. The molecule has 2 aromatic rings. The highest BCUT2D eigenvalue weighted by Crippen LogP contribution is 2.53. The van der Waals surface area contributed by atoms with E-state index in [1.54, 1.807) is 26.2 Å². The van der Waals surface area contributed by atoms with E-state index in [1.165, 1.54) is 0 Å². The number of halogens is 1. The quantitative estimate of drug-likeness (QED) is 0.216. The average molecular weight is 563 g/mol. The Morgan fingerprint density at radius 1 is 1.18 bits per heavy atom. The van der Waals surface area contributed by atoms with Crippen molar-refractivity contribution < 1.29 is 34.0 Å². The number of aliphatic hydroxyl groups is 1. The molecule has 0 saturated heterocycles. The van der Waals surface area contributed by atoms with Crippen molar-refractivity contribution >= 4 is 17.6 Å². The fraction of sp³-hybridized carbons (Fsp3) is 0.552. The fourth-order valence-electron chi connectivity index (χ4n) is 5.28. The summed E-state index contributed by atoms with van der Waals surface area (Å²) in [5.74, 6) is 0.575. The lowest BCUT2D eigenvalue weighted by Gasteiger charge is -2.47. The zero-order chi connectivity index (χ0) is 28.2. The number of ether oxygens (including phenoxy) is 4. The third kappa shape index (κ3) is 6.51. The molecule has 0 bridgehead atoms. The van der Waals surface area contributed by atoms with Crippen LogP contribution in [0.4, 0.5) is 0 Å². The van der Waals surface area contributed by atoms with Crippen LogP contribution in [0.25, 0.3) is 0 Å². The molecule has 9 nitrogen and oxygen atoms in total. The molecule has 0 aromatic heterocycles. The van der Waals surface area contributed by atoms with Crippen LogP contribution in [0.3, 0.4) is 0 Å². The van der Waals surface area contributed by atoms with Gasteiger partial charge in [0.15, 0.2) is 6.35 Å². The van der Waals surface area contributed by atoms with E-state index in [1.807, 2.05) is 43.3 Å². The minimum atomic E-state index is -1.30. The zero-order valence-corrected chi connectivity index (χ0v) is 23.7. The normalized spacial score (nSPS) is 22.3. The van der Waals surface area contributed by atoms with E-state index in [-0.39, 0.29) is 18.9 Å². The fourth-order valence-corrected chi connectivity index (χ4v) is 5.68. The largest absolute Gasteiger partial charge is 0.496 e. The first-order chi connectivity index (χ1) is 18.7. The standard InChI is InChI=1S/C29H39ClN2O7/c1-18(22-14-23(37-3)24(20-10-11-20)26(38-4)25(22)30)32(12-13-39-17-19-8-6-5-7-9-19)28(35)31-29(27(33)34)15-21(16-29)36-2/h5-9,14,18,20-21,28,31,35H,10-13,15-17H2,1-4H3,(H,33,34)/t18-,21?,28?,29?/m1/s1. The molecule has 39 heavy (non-hydrogen) atoms. The molecule has 0 radical (unpaired) electrons. The molecular formula is C29H39ClN2O7. The second-order valence-electron chi connectivity index (χ2n) is 10.3. The summed E-state index contributed by atoms with van der Waals surface area (Å²) in [6.07, 6.45) is 1.11. The highest BCUT2D eigenvalue weighted by Gasteiger charge is 2.52. The Bertz CT molecular complexity index is 1120. The average Bonchev–Trinajstić information content (AvgIpc) is 3.75. The Labute approximate surface area is 234 Å². The van der Waals surface area contributed by atoms with Crippen molar-refractivity contribution in [3.63, 3.8) is 0 Å². The zero-order valence-electron chi connectivity index (χ0n) is 23.0. The first kappa shape index (κ1) is 29.6. The Hall–Kier alpha value is -2.40. The molecule has 0 aliphatic heterocycles. The SMILES string of the molecule is COc1cc([C@@H](C)N(CCOCc2ccccc2)C(O)NC2(C(=O)O)CC(OC)C2)c(Cl)c(OC)c1C1CC1. The number of rotatable bonds is 15. The maximum Gasteiger partial charge on any atom is 0.324 e. The number of nitrogens with one attached hydrogen (secondary N) is 1. The van der Waals surface area contributed by atoms with Crippen molar-refractivity contribution in [2.45, 2.75) is 69.2 Å². The van der Waals surface area contributed by atoms with Gasteiger partial charge in [0.1, 0.15) is 17.0 Å². The number of hydrogen-bond donors (Lipinski definition) is 3. The Balaban J connectivity index is 1.59. The molecule has 2 saturated carbocycles. The van der Waals surface area contributed by atoms with Crippen LogP contribution in [-0.2, 0) is 20.9 Å². The molecule has 3 N–H and O–H groups in total. The van der Waals surface area contributed by atoms with Crippen LogP contribution in [0.1, 0.15) is 61.3 Å². The van der Waals surface area contributed by atoms with Crippen LogP contribution in [-0.4, -0.2) is 73.6 Å². The maximum absolute atomic E-state index is 12.2. The summed E-state index contributed by atoms with van der Waals surface area (Å²) >= 11 is 6.91. The van der Waals surface area contributed by atoms with Crippen LogP contribution in [0, 0.1) is 0 Å². The summed E-state index contributed by atoms with van der Waals surface area (Å²) in [5.41, 5.74) is 1.40. The van der Waals surface area contributed by atoms with Crippen molar-refractivity contribution in [1.29, 1.82) is 0 Å². The van der Waals surface area contributed by atoms with Crippen LogP contribution < -0.4 is 14.8 Å². The predicted octanol–water partition coefficient (Wildman–Crippen LogP) is 4.31. The lowest BCUT2D eigenvalue weighted by atomic mass is 9.74. The molecule has 214 valence electrons. The number of carboxylic acid groups (broad SMARTS) is 1. The number of carbonyl (C=O) groups is 1. The molecule has 2 atom stereocenters. The monoisotopic (exact) mass is 562 g/mol. The lowest BCUT2D eigenvalue weighted by molar-refractivity contribution is -0.167. The third-order valence-electron chi connectivity index (χ3n) is 7.83. The van der Waals surface area contributed by atoms with E-state index in [4.69, 9.17) is 30.5 Å². The molecule has 0 spiro atoms. The number of benzene rings is 2. The highest BCUT2D eigenvalue weighted by molar-refractivity contribution is 6.33. The van der Waals surface area contributed by atoms with E-state index in [2.05, 4.69) is 5.32 Å². The van der Waals surface area contributed by atoms with Crippen molar-refractivity contribution in [2.24, 2.45) is 0 Å². The number of aliphatic hydroxyl groups excluding tert-OH is 1. The highest BCUT2D eigenvalue weighted by atomic mass is 35.5. The maximum atomic E-state index is 12.2. The molecule has 4 rings (SSSR count). The van der Waals surface area contributed by atoms with Crippen molar-refractivity contribution in [2.75, 3.05) is 34.5 Å². The minimum absolute atomic E-state index is 0.182. The molecule has 2 fully saturated rings. The van der Waals surface area contributed by atoms with E-state index < -0.39 is 23.9 Å². The van der Waals surface area contributed by atoms with Gasteiger partial charge < -0.3 is 29.2 Å². The molecular weight excluding hydrogens is 524 g/mol. The van der Waals surface area contributed by atoms with E-state index in [0.29, 0.717) is 47.8 Å². The van der Waals surface area contributed by atoms with Gasteiger partial charge >= 0.3 is 5.97 Å². The van der Waals surface area contributed by atoms with Gasteiger partial charge in [-0.2, -0.15) is 0 Å². The van der Waals surface area contributed by atoms with Crippen molar-refractivity contribution in [3.05, 3.63) is 58.1 Å². The lowest BCUT2D eigenvalue weighted by Crippen LogP contribution is -2.68. The Morgan fingerprint density at radius 3 is 2.44 bits per heavy atom. The van der Waals surface area contributed by atoms with Gasteiger partial charge in [0.05, 0.1) is 38.6 Å². The van der Waals surface area contributed by atoms with Crippen molar-refractivity contribution in [1.82, 2.24) is 10.2 Å². The van der Waals surface area contributed by atoms with Crippen molar-refractivity contribution in [3.8, 4) is 11.5 Å². The Morgan fingerprint density at radius 2 is 1.87 bits per heavy atom. The smallest absolute Gasteiger partial charge is 0.324 e. The molecule has 1 unspecified atom stereocenters. The molecule has 10 heteroatoms. The number of aliphatic carboxylic acids is 1. The first-order valence-corrected chi connectivity index (χ1v) is 13.7. The topological polar surface area (TPSA) is 110 Å². The van der Waals surface area contributed by atoms with Gasteiger partial charge in [-0.15, -0.1) is 0 Å². The second kappa shape index (κ2) is 12.8. The number of carboxylic acids is 1. The second-order valence-corrected chi connectivity index (χ2v) is 10.7. The van der Waals surface area contributed by atoms with E-state index >= 15 is 0 Å². The summed E-state index contributed by atoms with van der Waals surface area (Å²) < 4.78 is 22.7. The van der Waals surface area contributed by atoms with E-state index in [9.17, 15) is 15.0 Å². The first-order valence-electron chi connectivity index (χ1n) is 13.3. The van der Waals surface area contributed by atoms with Gasteiger partial charge in [0.25, 0.3) is 0 Å². The van der Waals surface area contributed by atoms with Gasteiger partial charge in [-0.05, 0) is 42.9 Å².